The van der Waals surface area contributed by atoms with E-state index in [4.69, 9.17) is 4.74 Å². The first-order valence-electron chi connectivity index (χ1n) is 9.95. The lowest BCUT2D eigenvalue weighted by atomic mass is 10.1. The maximum Gasteiger partial charge on any atom is 0.251 e. The van der Waals surface area contributed by atoms with Gasteiger partial charge in [0.15, 0.2) is 5.82 Å². The van der Waals surface area contributed by atoms with Crippen molar-refractivity contribution in [1.82, 2.24) is 19.9 Å². The topological polar surface area (TPSA) is 68.5 Å². The van der Waals surface area contributed by atoms with Crippen LogP contribution in [0.25, 0.3) is 16.3 Å². The second kappa shape index (κ2) is 8.67. The van der Waals surface area contributed by atoms with E-state index < -0.39 is 0 Å². The molecule has 0 aliphatic rings. The molecule has 0 atom stereocenters. The molecule has 0 saturated carbocycles. The van der Waals surface area contributed by atoms with Gasteiger partial charge in [-0.05, 0) is 50.6 Å². The lowest BCUT2D eigenvalue weighted by Crippen LogP contribution is -2.26. The van der Waals surface area contributed by atoms with Crippen molar-refractivity contribution in [3.8, 4) is 17.1 Å². The number of amides is 1. The molecule has 2 aromatic heterocycles. The summed E-state index contributed by atoms with van der Waals surface area (Å²) in [5.41, 5.74) is 3.83. The van der Waals surface area contributed by atoms with Gasteiger partial charge in [-0.2, -0.15) is 4.98 Å². The highest BCUT2D eigenvalue weighted by Gasteiger charge is 2.13. The zero-order valence-corrected chi connectivity index (χ0v) is 18.1. The highest BCUT2D eigenvalue weighted by Crippen LogP contribution is 2.23. The van der Waals surface area contributed by atoms with Crippen molar-refractivity contribution in [2.75, 3.05) is 6.54 Å². The van der Waals surface area contributed by atoms with Crippen LogP contribution in [0.3, 0.4) is 0 Å². The molecular formula is C23H24N4O2S. The average molecular weight is 421 g/mol. The molecule has 0 aliphatic heterocycles. The number of thiazole rings is 1. The van der Waals surface area contributed by atoms with Crippen molar-refractivity contribution >= 4 is 22.2 Å². The van der Waals surface area contributed by atoms with Crippen LogP contribution in [-0.2, 0) is 6.42 Å². The van der Waals surface area contributed by atoms with E-state index in [0.717, 1.165) is 33.4 Å². The van der Waals surface area contributed by atoms with E-state index in [1.165, 1.54) is 0 Å². The molecule has 0 aliphatic carbocycles. The predicted molar refractivity (Wildman–Crippen MR) is 119 cm³/mol. The number of aryl methyl sites for hydroxylation is 1. The molecule has 0 radical (unpaired) electrons. The molecule has 2 aromatic carbocycles. The first kappa shape index (κ1) is 20.1. The average Bonchev–Trinajstić information content (AvgIpc) is 3.30. The number of hydrogen-bond donors (Lipinski definition) is 1. The molecule has 0 unspecified atom stereocenters. The Bertz CT molecular complexity index is 1160. The molecular weight excluding hydrogens is 396 g/mol. The van der Waals surface area contributed by atoms with Crippen molar-refractivity contribution in [2.45, 2.75) is 33.3 Å². The maximum atomic E-state index is 12.4. The van der Waals surface area contributed by atoms with Gasteiger partial charge in [0.05, 0.1) is 11.8 Å². The minimum Gasteiger partial charge on any atom is -0.491 e. The summed E-state index contributed by atoms with van der Waals surface area (Å²) < 4.78 is 7.49. The van der Waals surface area contributed by atoms with Gasteiger partial charge >= 0.3 is 0 Å². The largest absolute Gasteiger partial charge is 0.491 e. The van der Waals surface area contributed by atoms with Crippen molar-refractivity contribution in [1.29, 1.82) is 0 Å². The fourth-order valence-electron chi connectivity index (χ4n) is 3.20. The molecule has 4 aromatic rings. The van der Waals surface area contributed by atoms with E-state index in [0.29, 0.717) is 18.5 Å². The summed E-state index contributed by atoms with van der Waals surface area (Å²) in [4.78, 5) is 17.9. The van der Waals surface area contributed by atoms with E-state index in [1.54, 1.807) is 23.5 Å². The minimum atomic E-state index is -0.100. The number of carbonyl (C=O) groups excluding carboxylic acids is 1. The van der Waals surface area contributed by atoms with Gasteiger partial charge in [0.1, 0.15) is 5.75 Å². The lowest BCUT2D eigenvalue weighted by Gasteiger charge is -2.10. The molecule has 6 nitrogen and oxygen atoms in total. The van der Waals surface area contributed by atoms with Crippen molar-refractivity contribution in [3.05, 3.63) is 70.7 Å². The van der Waals surface area contributed by atoms with Crippen LogP contribution in [-0.4, -0.2) is 33.2 Å². The Morgan fingerprint density at radius 1 is 1.17 bits per heavy atom. The number of ether oxygens (including phenoxy) is 1. The standard InChI is InChI=1S/C23H24N4O2S/c1-15(2)29-19-10-8-17(9-11-19)22(28)24-13-12-18-14-30-23-25-21(26-27(18)23)20-7-5-4-6-16(20)3/h4-11,14-15H,12-13H2,1-3H3,(H,24,28). The summed E-state index contributed by atoms with van der Waals surface area (Å²) in [5.74, 6) is 1.39. The molecule has 1 amide bonds. The van der Waals surface area contributed by atoms with E-state index in [9.17, 15) is 4.79 Å². The third-order valence-electron chi connectivity index (χ3n) is 4.69. The predicted octanol–water partition coefficient (Wildman–Crippen LogP) is 4.53. The SMILES string of the molecule is Cc1ccccc1-c1nc2scc(CCNC(=O)c3ccc(OC(C)C)cc3)n2n1. The number of nitrogens with zero attached hydrogens (tertiary/aromatic N) is 3. The molecule has 1 N–H and O–H groups in total. The van der Waals surface area contributed by atoms with Gasteiger partial charge < -0.3 is 10.1 Å². The van der Waals surface area contributed by atoms with Gasteiger partial charge in [-0.3, -0.25) is 4.79 Å². The molecule has 0 spiro atoms. The highest BCUT2D eigenvalue weighted by atomic mass is 32.1. The van der Waals surface area contributed by atoms with Gasteiger partial charge in [-0.15, -0.1) is 16.4 Å². The molecule has 0 bridgehead atoms. The first-order valence-corrected chi connectivity index (χ1v) is 10.8. The number of nitrogens with one attached hydrogen (secondary N) is 1. The number of rotatable bonds is 7. The van der Waals surface area contributed by atoms with E-state index in [1.807, 2.05) is 54.1 Å². The van der Waals surface area contributed by atoms with Crippen LogP contribution in [0.2, 0.25) is 0 Å². The minimum absolute atomic E-state index is 0.100. The van der Waals surface area contributed by atoms with Gasteiger partial charge in [0.25, 0.3) is 5.91 Å². The molecule has 0 fully saturated rings. The lowest BCUT2D eigenvalue weighted by molar-refractivity contribution is 0.0954. The summed E-state index contributed by atoms with van der Waals surface area (Å²) in [6.07, 6.45) is 0.784. The van der Waals surface area contributed by atoms with Crippen LogP contribution in [0.1, 0.15) is 35.5 Å². The van der Waals surface area contributed by atoms with Crippen LogP contribution in [0.15, 0.2) is 53.9 Å². The van der Waals surface area contributed by atoms with Crippen molar-refractivity contribution < 1.29 is 9.53 Å². The van der Waals surface area contributed by atoms with Gasteiger partial charge in [-0.1, -0.05) is 24.3 Å². The van der Waals surface area contributed by atoms with Crippen molar-refractivity contribution in [2.24, 2.45) is 0 Å². The summed E-state index contributed by atoms with van der Waals surface area (Å²) in [5, 5.41) is 9.70. The smallest absolute Gasteiger partial charge is 0.251 e. The second-order valence-electron chi connectivity index (χ2n) is 7.37. The number of benzene rings is 2. The molecule has 30 heavy (non-hydrogen) atoms. The Balaban J connectivity index is 1.39. The zero-order valence-electron chi connectivity index (χ0n) is 17.3. The zero-order chi connectivity index (χ0) is 21.1. The molecule has 2 heterocycles. The normalized spacial score (nSPS) is 11.2. The fraction of sp³-hybridized carbons (Fsp3) is 0.261. The summed E-state index contributed by atoms with van der Waals surface area (Å²) >= 11 is 1.56. The van der Waals surface area contributed by atoms with Crippen LogP contribution >= 0.6 is 11.3 Å². The monoisotopic (exact) mass is 420 g/mol. The molecule has 0 saturated heterocycles. The van der Waals surface area contributed by atoms with Gasteiger partial charge in [0, 0.05) is 29.5 Å². The van der Waals surface area contributed by atoms with Crippen LogP contribution in [0.5, 0.6) is 5.75 Å². The van der Waals surface area contributed by atoms with E-state index >= 15 is 0 Å². The molecule has 7 heteroatoms. The van der Waals surface area contributed by atoms with Crippen LogP contribution < -0.4 is 10.1 Å². The Morgan fingerprint density at radius 2 is 1.93 bits per heavy atom. The maximum absolute atomic E-state index is 12.4. The summed E-state index contributed by atoms with van der Waals surface area (Å²) in [7, 11) is 0. The third kappa shape index (κ3) is 4.36. The Kier molecular flexibility index (Phi) is 5.81. The Labute approximate surface area is 179 Å². The highest BCUT2D eigenvalue weighted by molar-refractivity contribution is 7.15. The number of hydrogen-bond acceptors (Lipinski definition) is 5. The number of fused-ring (bicyclic) bond motifs is 1. The molecule has 154 valence electrons. The van der Waals surface area contributed by atoms with E-state index in [-0.39, 0.29) is 12.0 Å². The van der Waals surface area contributed by atoms with E-state index in [2.05, 4.69) is 28.4 Å². The summed E-state index contributed by atoms with van der Waals surface area (Å²) in [6.45, 7) is 6.53. The van der Waals surface area contributed by atoms with Gasteiger partial charge in [-0.25, -0.2) is 4.52 Å². The Morgan fingerprint density at radius 3 is 2.67 bits per heavy atom. The summed E-state index contributed by atoms with van der Waals surface area (Å²) in [6, 6.07) is 15.3. The second-order valence-corrected chi connectivity index (χ2v) is 8.21. The van der Waals surface area contributed by atoms with Gasteiger partial charge in [0.2, 0.25) is 4.96 Å². The fourth-order valence-corrected chi connectivity index (χ4v) is 4.05. The number of aromatic nitrogens is 3. The Hall–Kier alpha value is -3.19. The van der Waals surface area contributed by atoms with Crippen LogP contribution in [0.4, 0.5) is 0 Å². The van der Waals surface area contributed by atoms with Crippen molar-refractivity contribution in [3.63, 3.8) is 0 Å². The third-order valence-corrected chi connectivity index (χ3v) is 5.56. The first-order chi connectivity index (χ1) is 14.5. The number of carbonyl (C=O) groups is 1. The quantitative estimate of drug-likeness (QED) is 0.477. The molecule has 4 rings (SSSR count). The van der Waals surface area contributed by atoms with Crippen LogP contribution in [0, 0.1) is 6.92 Å².